The molecule has 16 heavy (non-hydrogen) atoms. The summed E-state index contributed by atoms with van der Waals surface area (Å²) in [5.74, 6) is -3.09. The fourth-order valence-corrected chi connectivity index (χ4v) is 1.37. The van der Waals surface area contributed by atoms with Crippen LogP contribution >= 0.6 is 11.6 Å². The minimum atomic E-state index is -1.03. The highest BCUT2D eigenvalue weighted by atomic mass is 35.5. The Hall–Kier alpha value is -1.42. The van der Waals surface area contributed by atoms with Crippen LogP contribution in [0.15, 0.2) is 18.2 Å². The first-order valence-corrected chi connectivity index (χ1v) is 4.92. The second-order valence-electron chi connectivity index (χ2n) is 3.23. The summed E-state index contributed by atoms with van der Waals surface area (Å²) < 4.78 is 17.8. The molecule has 3 nitrogen and oxygen atoms in total. The summed E-state index contributed by atoms with van der Waals surface area (Å²) in [6, 6.07) is 3.67. The van der Waals surface area contributed by atoms with E-state index in [9.17, 15) is 14.0 Å². The molecule has 0 heterocycles. The summed E-state index contributed by atoms with van der Waals surface area (Å²) in [5, 5.41) is 0.194. The van der Waals surface area contributed by atoms with E-state index in [0.29, 0.717) is 0 Å². The van der Waals surface area contributed by atoms with Gasteiger partial charge in [0.1, 0.15) is 11.7 Å². The van der Waals surface area contributed by atoms with Gasteiger partial charge in [-0.2, -0.15) is 0 Å². The quantitative estimate of drug-likeness (QED) is 0.466. The van der Waals surface area contributed by atoms with Gasteiger partial charge in [0.15, 0.2) is 5.78 Å². The number of hydrogen-bond acceptors (Lipinski definition) is 3. The van der Waals surface area contributed by atoms with Crippen LogP contribution in [0.3, 0.4) is 0 Å². The second-order valence-corrected chi connectivity index (χ2v) is 3.67. The second kappa shape index (κ2) is 5.07. The molecule has 86 valence electrons. The molecule has 0 fully saturated rings. The molecular weight excluding hydrogens is 235 g/mol. The fraction of sp³-hybridized carbons (Fsp3) is 0.273. The predicted molar refractivity (Wildman–Crippen MR) is 56.9 cm³/mol. The van der Waals surface area contributed by atoms with Crippen LogP contribution in [0.4, 0.5) is 4.39 Å². The van der Waals surface area contributed by atoms with Gasteiger partial charge in [-0.1, -0.05) is 11.6 Å². The van der Waals surface area contributed by atoms with Crippen LogP contribution in [0, 0.1) is 11.7 Å². The number of carbonyl (C=O) groups is 2. The van der Waals surface area contributed by atoms with Gasteiger partial charge in [-0.25, -0.2) is 4.39 Å². The average molecular weight is 245 g/mol. The summed E-state index contributed by atoms with van der Waals surface area (Å²) >= 11 is 5.55. The van der Waals surface area contributed by atoms with E-state index in [-0.39, 0.29) is 10.6 Å². The maximum Gasteiger partial charge on any atom is 0.316 e. The van der Waals surface area contributed by atoms with Crippen molar-refractivity contribution in [3.8, 4) is 0 Å². The summed E-state index contributed by atoms with van der Waals surface area (Å²) in [7, 11) is 1.17. The largest absolute Gasteiger partial charge is 0.468 e. The van der Waals surface area contributed by atoms with E-state index in [1.165, 1.54) is 26.2 Å². The molecule has 1 aromatic carbocycles. The Bertz CT molecular complexity index is 431. The fourth-order valence-electron chi connectivity index (χ4n) is 1.21. The van der Waals surface area contributed by atoms with Gasteiger partial charge in [-0.3, -0.25) is 9.59 Å². The number of ketones is 1. The van der Waals surface area contributed by atoms with Crippen LogP contribution in [-0.4, -0.2) is 18.9 Å². The molecule has 0 saturated heterocycles. The van der Waals surface area contributed by atoms with Crippen molar-refractivity contribution in [2.45, 2.75) is 6.92 Å². The summed E-state index contributed by atoms with van der Waals surface area (Å²) in [6.07, 6.45) is 0. The van der Waals surface area contributed by atoms with Crippen LogP contribution < -0.4 is 0 Å². The third-order valence-electron chi connectivity index (χ3n) is 2.14. The van der Waals surface area contributed by atoms with Crippen molar-refractivity contribution in [1.29, 1.82) is 0 Å². The predicted octanol–water partition coefficient (Wildman–Crippen LogP) is 2.47. The molecule has 0 N–H and O–H groups in total. The molecule has 0 saturated carbocycles. The number of methoxy groups -OCH3 is 1. The maximum absolute atomic E-state index is 13.4. The normalized spacial score (nSPS) is 12.0. The van der Waals surface area contributed by atoms with Crippen molar-refractivity contribution in [2.75, 3.05) is 7.11 Å². The number of esters is 1. The number of halogens is 2. The van der Waals surface area contributed by atoms with Gasteiger partial charge in [0, 0.05) is 5.02 Å². The highest BCUT2D eigenvalue weighted by Crippen LogP contribution is 2.18. The molecule has 1 atom stereocenters. The number of hydrogen-bond donors (Lipinski definition) is 0. The highest BCUT2D eigenvalue weighted by molar-refractivity contribution is 6.30. The van der Waals surface area contributed by atoms with E-state index in [0.717, 1.165) is 6.07 Å². The molecule has 0 spiro atoms. The number of ether oxygens (including phenoxy) is 1. The van der Waals surface area contributed by atoms with Crippen LogP contribution in [0.25, 0.3) is 0 Å². The number of rotatable bonds is 3. The molecule has 1 unspecified atom stereocenters. The maximum atomic E-state index is 13.4. The first-order valence-electron chi connectivity index (χ1n) is 4.54. The molecule has 0 aliphatic heterocycles. The first kappa shape index (κ1) is 12.6. The molecule has 0 aromatic heterocycles. The van der Waals surface area contributed by atoms with E-state index in [1.807, 2.05) is 0 Å². The Kier molecular flexibility index (Phi) is 4.01. The van der Waals surface area contributed by atoms with Crippen molar-refractivity contribution in [2.24, 2.45) is 5.92 Å². The monoisotopic (exact) mass is 244 g/mol. The van der Waals surface area contributed by atoms with Crippen molar-refractivity contribution in [3.63, 3.8) is 0 Å². The molecular formula is C11H10ClFO3. The van der Waals surface area contributed by atoms with Crippen molar-refractivity contribution in [1.82, 2.24) is 0 Å². The Morgan fingerprint density at radius 2 is 2.06 bits per heavy atom. The van der Waals surface area contributed by atoms with Crippen molar-refractivity contribution in [3.05, 3.63) is 34.6 Å². The molecule has 0 amide bonds. The Morgan fingerprint density at radius 3 is 2.56 bits per heavy atom. The van der Waals surface area contributed by atoms with Gasteiger partial charge in [-0.05, 0) is 25.1 Å². The van der Waals surface area contributed by atoms with E-state index < -0.39 is 23.5 Å². The molecule has 0 bridgehead atoms. The molecule has 1 aromatic rings. The van der Waals surface area contributed by atoms with Crippen LogP contribution in [0.1, 0.15) is 17.3 Å². The smallest absolute Gasteiger partial charge is 0.316 e. The van der Waals surface area contributed by atoms with Crippen molar-refractivity contribution >= 4 is 23.4 Å². The van der Waals surface area contributed by atoms with Gasteiger partial charge < -0.3 is 4.74 Å². The topological polar surface area (TPSA) is 43.4 Å². The zero-order valence-electron chi connectivity index (χ0n) is 8.79. The lowest BCUT2D eigenvalue weighted by Gasteiger charge is -2.08. The van der Waals surface area contributed by atoms with Crippen LogP contribution in [-0.2, 0) is 9.53 Å². The van der Waals surface area contributed by atoms with E-state index in [4.69, 9.17) is 11.6 Å². The first-order chi connectivity index (χ1) is 7.47. The zero-order chi connectivity index (χ0) is 12.3. The van der Waals surface area contributed by atoms with Gasteiger partial charge in [0.05, 0.1) is 12.7 Å². The minimum Gasteiger partial charge on any atom is -0.468 e. The number of benzene rings is 1. The van der Waals surface area contributed by atoms with E-state index in [1.54, 1.807) is 0 Å². The van der Waals surface area contributed by atoms with Gasteiger partial charge in [0.25, 0.3) is 0 Å². The lowest BCUT2D eigenvalue weighted by atomic mass is 9.99. The number of carbonyl (C=O) groups excluding carboxylic acids is 2. The van der Waals surface area contributed by atoms with Gasteiger partial charge in [0.2, 0.25) is 0 Å². The van der Waals surface area contributed by atoms with Crippen molar-refractivity contribution < 1.29 is 18.7 Å². The third-order valence-corrected chi connectivity index (χ3v) is 2.38. The molecule has 0 aliphatic carbocycles. The Labute approximate surface area is 97.2 Å². The lowest BCUT2D eigenvalue weighted by molar-refractivity contribution is -0.143. The van der Waals surface area contributed by atoms with Gasteiger partial charge >= 0.3 is 5.97 Å². The Balaban J connectivity index is 3.01. The highest BCUT2D eigenvalue weighted by Gasteiger charge is 2.25. The summed E-state index contributed by atoms with van der Waals surface area (Å²) in [4.78, 5) is 22.8. The molecule has 0 aliphatic rings. The third kappa shape index (κ3) is 2.58. The standard InChI is InChI=1S/C11H10ClFO3/c1-6(11(15)16-2)10(14)8-4-3-7(12)5-9(8)13/h3-6H,1-2H3. The lowest BCUT2D eigenvalue weighted by Crippen LogP contribution is -2.23. The molecule has 5 heteroatoms. The Morgan fingerprint density at radius 1 is 1.44 bits per heavy atom. The van der Waals surface area contributed by atoms with Crippen LogP contribution in [0.5, 0.6) is 0 Å². The van der Waals surface area contributed by atoms with E-state index in [2.05, 4.69) is 4.74 Å². The SMILES string of the molecule is COC(=O)C(C)C(=O)c1ccc(Cl)cc1F. The average Bonchev–Trinajstić information content (AvgIpc) is 2.26. The summed E-state index contributed by atoms with van der Waals surface area (Å²) in [5.41, 5.74) is -0.165. The van der Waals surface area contributed by atoms with Gasteiger partial charge in [-0.15, -0.1) is 0 Å². The summed E-state index contributed by atoms with van der Waals surface area (Å²) in [6.45, 7) is 1.36. The zero-order valence-corrected chi connectivity index (χ0v) is 9.55. The minimum absolute atomic E-state index is 0.165. The number of Topliss-reactive ketones (excluding diaryl/α,β-unsaturated/α-hetero) is 1. The molecule has 1 rings (SSSR count). The molecule has 0 radical (unpaired) electrons. The van der Waals surface area contributed by atoms with E-state index >= 15 is 0 Å². The van der Waals surface area contributed by atoms with Crippen LogP contribution in [0.2, 0.25) is 5.02 Å².